The predicted molar refractivity (Wildman–Crippen MR) is 127 cm³/mol. The maximum atomic E-state index is 12.7. The summed E-state index contributed by atoms with van der Waals surface area (Å²) in [6, 6.07) is 16.7. The predicted octanol–water partition coefficient (Wildman–Crippen LogP) is 5.78. The minimum atomic E-state index is -2.92. The molecule has 1 N–H and O–H groups in total. The lowest BCUT2D eigenvalue weighted by atomic mass is 10.1. The Morgan fingerprint density at radius 1 is 1.00 bits per heavy atom. The Bertz CT molecular complexity index is 1390. The van der Waals surface area contributed by atoms with E-state index in [-0.39, 0.29) is 5.75 Å². The number of anilines is 1. The maximum absolute atomic E-state index is 12.7. The minimum absolute atomic E-state index is 0.00119. The standard InChI is InChI=1S/C26H21F2NO6/c1-15(33-24(30)12-9-16-7-10-17(11-8-16)34-26(27)28)25(31)29-20-14-22-19(13-23(20)32-2)18-5-3-4-6-21(18)35-22/h3-15,26H,1-2H3,(H,29,31)/b12-9+/t15-/m1/s1. The van der Waals surface area contributed by atoms with Gasteiger partial charge in [-0.3, -0.25) is 4.79 Å². The van der Waals surface area contributed by atoms with Crippen LogP contribution in [0.1, 0.15) is 12.5 Å². The Balaban J connectivity index is 1.41. The van der Waals surface area contributed by atoms with Gasteiger partial charge in [0.05, 0.1) is 12.8 Å². The highest BCUT2D eigenvalue weighted by Crippen LogP contribution is 2.36. The van der Waals surface area contributed by atoms with Crippen molar-refractivity contribution in [3.8, 4) is 11.5 Å². The summed E-state index contributed by atoms with van der Waals surface area (Å²) in [5, 5.41) is 4.46. The molecule has 0 saturated heterocycles. The van der Waals surface area contributed by atoms with Crippen LogP contribution in [0.2, 0.25) is 0 Å². The number of ether oxygens (including phenoxy) is 3. The lowest BCUT2D eigenvalue weighted by Crippen LogP contribution is -2.29. The maximum Gasteiger partial charge on any atom is 0.387 e. The van der Waals surface area contributed by atoms with Crippen LogP contribution in [0.25, 0.3) is 28.0 Å². The van der Waals surface area contributed by atoms with Crippen LogP contribution in [0.3, 0.4) is 0 Å². The van der Waals surface area contributed by atoms with Gasteiger partial charge in [0.25, 0.3) is 5.91 Å². The second-order valence-electron chi connectivity index (χ2n) is 7.50. The topological polar surface area (TPSA) is 87.0 Å². The number of rotatable bonds is 8. The summed E-state index contributed by atoms with van der Waals surface area (Å²) in [6.07, 6.45) is 1.45. The first-order chi connectivity index (χ1) is 16.8. The number of alkyl halides is 2. The highest BCUT2D eigenvalue weighted by Gasteiger charge is 2.20. The molecular formula is C26H21F2NO6. The average molecular weight is 481 g/mol. The van der Waals surface area contributed by atoms with E-state index >= 15 is 0 Å². The summed E-state index contributed by atoms with van der Waals surface area (Å²) < 4.78 is 45.1. The van der Waals surface area contributed by atoms with Crippen molar-refractivity contribution in [2.45, 2.75) is 19.6 Å². The van der Waals surface area contributed by atoms with Gasteiger partial charge in [-0.1, -0.05) is 30.3 Å². The summed E-state index contributed by atoms with van der Waals surface area (Å²) >= 11 is 0. The number of halogens is 2. The molecular weight excluding hydrogens is 460 g/mol. The molecule has 4 rings (SSSR count). The molecule has 1 atom stereocenters. The Morgan fingerprint density at radius 2 is 1.74 bits per heavy atom. The van der Waals surface area contributed by atoms with Crippen LogP contribution in [-0.4, -0.2) is 31.7 Å². The normalized spacial score (nSPS) is 12.3. The molecule has 0 aliphatic heterocycles. The van der Waals surface area contributed by atoms with Gasteiger partial charge in [-0.05, 0) is 42.8 Å². The Kier molecular flexibility index (Phi) is 6.96. The number of hydrogen-bond donors (Lipinski definition) is 1. The van der Waals surface area contributed by atoms with Crippen molar-refractivity contribution < 1.29 is 37.0 Å². The van der Waals surface area contributed by atoms with Gasteiger partial charge in [-0.15, -0.1) is 0 Å². The summed E-state index contributed by atoms with van der Waals surface area (Å²) in [7, 11) is 1.49. The van der Waals surface area contributed by atoms with Gasteiger partial charge in [0.2, 0.25) is 0 Å². The van der Waals surface area contributed by atoms with Crippen LogP contribution in [0.15, 0.2) is 71.2 Å². The number of esters is 1. The zero-order valence-electron chi connectivity index (χ0n) is 18.8. The smallest absolute Gasteiger partial charge is 0.387 e. The Hall–Kier alpha value is -4.40. The van der Waals surface area contributed by atoms with Gasteiger partial charge in [0, 0.05) is 22.9 Å². The van der Waals surface area contributed by atoms with E-state index in [0.29, 0.717) is 28.2 Å². The van der Waals surface area contributed by atoms with Crippen molar-refractivity contribution in [1.29, 1.82) is 0 Å². The van der Waals surface area contributed by atoms with Crippen LogP contribution in [-0.2, 0) is 14.3 Å². The number of furan rings is 1. The number of benzene rings is 3. The molecule has 0 aliphatic rings. The van der Waals surface area contributed by atoms with E-state index in [4.69, 9.17) is 13.9 Å². The number of hydrogen-bond acceptors (Lipinski definition) is 6. The summed E-state index contributed by atoms with van der Waals surface area (Å²) in [5.41, 5.74) is 2.20. The molecule has 0 radical (unpaired) electrons. The highest BCUT2D eigenvalue weighted by molar-refractivity contribution is 6.08. The second-order valence-corrected chi connectivity index (χ2v) is 7.50. The van der Waals surface area contributed by atoms with Gasteiger partial charge in [-0.2, -0.15) is 8.78 Å². The van der Waals surface area contributed by atoms with Crippen LogP contribution in [0.5, 0.6) is 11.5 Å². The third-order valence-electron chi connectivity index (χ3n) is 5.14. The van der Waals surface area contributed by atoms with E-state index in [0.717, 1.165) is 16.8 Å². The van der Waals surface area contributed by atoms with E-state index in [1.165, 1.54) is 44.4 Å². The number of carbonyl (C=O) groups is 2. The molecule has 0 fully saturated rings. The zero-order valence-corrected chi connectivity index (χ0v) is 18.8. The van der Waals surface area contributed by atoms with E-state index in [1.54, 1.807) is 12.1 Å². The number of amides is 1. The number of fused-ring (bicyclic) bond motifs is 3. The fourth-order valence-electron chi connectivity index (χ4n) is 3.44. The molecule has 4 aromatic rings. The molecule has 0 spiro atoms. The molecule has 7 nitrogen and oxygen atoms in total. The van der Waals surface area contributed by atoms with Crippen molar-refractivity contribution in [2.75, 3.05) is 12.4 Å². The van der Waals surface area contributed by atoms with E-state index in [1.807, 2.05) is 24.3 Å². The van der Waals surface area contributed by atoms with Crippen molar-refractivity contribution in [3.05, 3.63) is 72.3 Å². The fraction of sp³-hybridized carbons (Fsp3) is 0.154. The largest absolute Gasteiger partial charge is 0.495 e. The lowest BCUT2D eigenvalue weighted by Gasteiger charge is -2.14. The molecule has 1 heterocycles. The van der Waals surface area contributed by atoms with Crippen molar-refractivity contribution in [2.24, 2.45) is 0 Å². The first-order valence-corrected chi connectivity index (χ1v) is 10.6. The molecule has 9 heteroatoms. The van der Waals surface area contributed by atoms with Crippen LogP contribution in [0, 0.1) is 0 Å². The van der Waals surface area contributed by atoms with Crippen LogP contribution in [0.4, 0.5) is 14.5 Å². The third-order valence-corrected chi connectivity index (χ3v) is 5.14. The van der Waals surface area contributed by atoms with Gasteiger partial charge in [0.15, 0.2) is 6.10 Å². The van der Waals surface area contributed by atoms with E-state index < -0.39 is 24.6 Å². The van der Waals surface area contributed by atoms with Gasteiger partial charge >= 0.3 is 12.6 Å². The molecule has 0 aliphatic carbocycles. The van der Waals surface area contributed by atoms with Crippen molar-refractivity contribution in [3.63, 3.8) is 0 Å². The first kappa shape index (κ1) is 23.7. The SMILES string of the molecule is COc1cc2c(cc1NC(=O)[C@@H](C)OC(=O)/C=C/c1ccc(OC(F)F)cc1)oc1ccccc12. The summed E-state index contributed by atoms with van der Waals surface area (Å²) in [5.74, 6) is -0.884. The molecule has 1 aromatic heterocycles. The fourth-order valence-corrected chi connectivity index (χ4v) is 3.44. The molecule has 3 aromatic carbocycles. The minimum Gasteiger partial charge on any atom is -0.495 e. The first-order valence-electron chi connectivity index (χ1n) is 10.6. The second kappa shape index (κ2) is 10.3. The molecule has 0 unspecified atom stereocenters. The summed E-state index contributed by atoms with van der Waals surface area (Å²) in [6.45, 7) is -1.48. The Morgan fingerprint density at radius 3 is 2.46 bits per heavy atom. The van der Waals surface area contributed by atoms with Gasteiger partial charge < -0.3 is 23.9 Å². The molecule has 180 valence electrons. The average Bonchev–Trinajstić information content (AvgIpc) is 3.20. The number of para-hydroxylation sites is 1. The lowest BCUT2D eigenvalue weighted by molar-refractivity contribution is -0.148. The van der Waals surface area contributed by atoms with E-state index in [2.05, 4.69) is 10.1 Å². The zero-order chi connectivity index (χ0) is 24.9. The molecule has 0 saturated carbocycles. The van der Waals surface area contributed by atoms with Gasteiger partial charge in [-0.25, -0.2) is 4.79 Å². The van der Waals surface area contributed by atoms with Crippen LogP contribution < -0.4 is 14.8 Å². The van der Waals surface area contributed by atoms with E-state index in [9.17, 15) is 18.4 Å². The van der Waals surface area contributed by atoms with Crippen LogP contribution >= 0.6 is 0 Å². The number of carbonyl (C=O) groups excluding carboxylic acids is 2. The molecule has 0 bridgehead atoms. The molecule has 35 heavy (non-hydrogen) atoms. The van der Waals surface area contributed by atoms with Gasteiger partial charge in [0.1, 0.15) is 22.7 Å². The van der Waals surface area contributed by atoms with Crippen molar-refractivity contribution in [1.82, 2.24) is 0 Å². The van der Waals surface area contributed by atoms with Crippen molar-refractivity contribution >= 4 is 45.6 Å². The third kappa shape index (κ3) is 5.57. The highest BCUT2D eigenvalue weighted by atomic mass is 19.3. The molecule has 1 amide bonds. The number of nitrogens with one attached hydrogen (secondary N) is 1. The Labute approximate surface area is 198 Å². The number of methoxy groups -OCH3 is 1. The quantitative estimate of drug-likeness (QED) is 0.254. The summed E-state index contributed by atoms with van der Waals surface area (Å²) in [4.78, 5) is 24.8. The monoisotopic (exact) mass is 481 g/mol.